The van der Waals surface area contributed by atoms with Gasteiger partial charge in [0.2, 0.25) is 5.78 Å². The van der Waals surface area contributed by atoms with Crippen LogP contribution in [0.15, 0.2) is 30.3 Å². The molecule has 0 unspecified atom stereocenters. The molecule has 110 valence electrons. The molecule has 0 amide bonds. The van der Waals surface area contributed by atoms with Gasteiger partial charge in [-0.25, -0.2) is 8.78 Å². The molecule has 5 heteroatoms. The van der Waals surface area contributed by atoms with E-state index in [1.54, 1.807) is 0 Å². The molecule has 3 nitrogen and oxygen atoms in total. The summed E-state index contributed by atoms with van der Waals surface area (Å²) in [6.07, 6.45) is 0. The molecule has 0 spiro atoms. The molecule has 0 fully saturated rings. The normalized spacial score (nSPS) is 10.3. The summed E-state index contributed by atoms with van der Waals surface area (Å²) in [5, 5.41) is 0. The Morgan fingerprint density at radius 3 is 2.38 bits per heavy atom. The first-order valence-electron chi connectivity index (χ1n) is 6.21. The van der Waals surface area contributed by atoms with Crippen molar-refractivity contribution in [2.75, 3.05) is 14.2 Å². The summed E-state index contributed by atoms with van der Waals surface area (Å²) in [6, 6.07) is 6.79. The monoisotopic (exact) mass is 292 g/mol. The minimum absolute atomic E-state index is 0.0710. The Morgan fingerprint density at radius 1 is 1.05 bits per heavy atom. The highest BCUT2D eigenvalue weighted by molar-refractivity contribution is 6.11. The van der Waals surface area contributed by atoms with Crippen molar-refractivity contribution in [3.63, 3.8) is 0 Å². The van der Waals surface area contributed by atoms with Crippen molar-refractivity contribution in [1.82, 2.24) is 0 Å². The summed E-state index contributed by atoms with van der Waals surface area (Å²) < 4.78 is 38.0. The van der Waals surface area contributed by atoms with Gasteiger partial charge in [-0.2, -0.15) is 0 Å². The molecule has 0 aromatic heterocycles. The Labute approximate surface area is 121 Å². The molecule has 21 heavy (non-hydrogen) atoms. The molecule has 2 aromatic rings. The van der Waals surface area contributed by atoms with Gasteiger partial charge < -0.3 is 9.47 Å². The van der Waals surface area contributed by atoms with Crippen LogP contribution >= 0.6 is 0 Å². The molecule has 0 radical (unpaired) electrons. The standard InChI is InChI=1S/C16H14F2O3/c1-9-4-7-12(17)14(15(9)18)16(19)11-6-5-10(20-2)8-13(11)21-3/h4-8H,1-3H3. The van der Waals surface area contributed by atoms with Crippen LogP contribution in [-0.2, 0) is 0 Å². The third-order valence-corrected chi connectivity index (χ3v) is 3.16. The highest BCUT2D eigenvalue weighted by Crippen LogP contribution is 2.28. The maximum Gasteiger partial charge on any atom is 0.202 e. The Morgan fingerprint density at radius 2 is 1.76 bits per heavy atom. The predicted octanol–water partition coefficient (Wildman–Crippen LogP) is 3.52. The van der Waals surface area contributed by atoms with Gasteiger partial charge in [0, 0.05) is 6.07 Å². The number of rotatable bonds is 4. The second-order valence-electron chi connectivity index (χ2n) is 4.45. The van der Waals surface area contributed by atoms with Gasteiger partial charge in [-0.15, -0.1) is 0 Å². The van der Waals surface area contributed by atoms with Gasteiger partial charge in [0.1, 0.15) is 23.1 Å². The number of carbonyl (C=O) groups is 1. The van der Waals surface area contributed by atoms with Gasteiger partial charge in [0.05, 0.1) is 25.3 Å². The summed E-state index contributed by atoms with van der Waals surface area (Å²) in [7, 11) is 2.84. The molecular formula is C16H14F2O3. The second-order valence-corrected chi connectivity index (χ2v) is 4.45. The zero-order valence-corrected chi connectivity index (χ0v) is 11.9. The van der Waals surface area contributed by atoms with E-state index in [9.17, 15) is 13.6 Å². The minimum atomic E-state index is -0.902. The van der Waals surface area contributed by atoms with Crippen molar-refractivity contribution in [2.24, 2.45) is 0 Å². The lowest BCUT2D eigenvalue weighted by molar-refractivity contribution is 0.102. The van der Waals surface area contributed by atoms with Gasteiger partial charge >= 0.3 is 0 Å². The number of ketones is 1. The summed E-state index contributed by atoms with van der Waals surface area (Å²) in [6.45, 7) is 1.47. The van der Waals surface area contributed by atoms with Crippen LogP contribution in [0.5, 0.6) is 11.5 Å². The lowest BCUT2D eigenvalue weighted by Gasteiger charge is -2.11. The van der Waals surface area contributed by atoms with E-state index in [2.05, 4.69) is 0 Å². The summed E-state index contributed by atoms with van der Waals surface area (Å²) in [5.74, 6) is -1.86. The fourth-order valence-corrected chi connectivity index (χ4v) is 1.99. The van der Waals surface area contributed by atoms with E-state index < -0.39 is 23.0 Å². The van der Waals surface area contributed by atoms with E-state index in [0.717, 1.165) is 6.07 Å². The summed E-state index contributed by atoms with van der Waals surface area (Å²) in [4.78, 5) is 12.4. The number of benzene rings is 2. The van der Waals surface area contributed by atoms with Crippen LogP contribution < -0.4 is 9.47 Å². The number of halogens is 2. The fraction of sp³-hybridized carbons (Fsp3) is 0.188. The molecule has 2 aromatic carbocycles. The largest absolute Gasteiger partial charge is 0.497 e. The van der Waals surface area contributed by atoms with Crippen LogP contribution in [0, 0.1) is 18.6 Å². The molecule has 0 bridgehead atoms. The van der Waals surface area contributed by atoms with E-state index in [0.29, 0.717) is 5.75 Å². The lowest BCUT2D eigenvalue weighted by atomic mass is 9.99. The van der Waals surface area contributed by atoms with Crippen LogP contribution in [-0.4, -0.2) is 20.0 Å². The van der Waals surface area contributed by atoms with E-state index in [4.69, 9.17) is 9.47 Å². The molecule has 0 N–H and O–H groups in total. The average Bonchev–Trinajstić information content (AvgIpc) is 2.50. The van der Waals surface area contributed by atoms with Gasteiger partial charge in [0.25, 0.3) is 0 Å². The van der Waals surface area contributed by atoms with Crippen molar-refractivity contribution < 1.29 is 23.0 Å². The topological polar surface area (TPSA) is 35.5 Å². The zero-order chi connectivity index (χ0) is 15.6. The molecule has 0 saturated heterocycles. The van der Waals surface area contributed by atoms with Crippen molar-refractivity contribution in [3.8, 4) is 11.5 Å². The maximum atomic E-state index is 14.1. The first-order chi connectivity index (χ1) is 9.99. The zero-order valence-electron chi connectivity index (χ0n) is 11.9. The smallest absolute Gasteiger partial charge is 0.202 e. The molecule has 0 heterocycles. The fourth-order valence-electron chi connectivity index (χ4n) is 1.99. The highest BCUT2D eigenvalue weighted by Gasteiger charge is 2.23. The third-order valence-electron chi connectivity index (χ3n) is 3.16. The van der Waals surface area contributed by atoms with Gasteiger partial charge in [-0.3, -0.25) is 4.79 Å². The number of hydrogen-bond acceptors (Lipinski definition) is 3. The Kier molecular flexibility index (Phi) is 4.21. The number of hydrogen-bond donors (Lipinski definition) is 0. The SMILES string of the molecule is COc1ccc(C(=O)c2c(F)ccc(C)c2F)c(OC)c1. The predicted molar refractivity (Wildman–Crippen MR) is 74.1 cm³/mol. The average molecular weight is 292 g/mol. The highest BCUT2D eigenvalue weighted by atomic mass is 19.1. The third kappa shape index (κ3) is 2.72. The minimum Gasteiger partial charge on any atom is -0.497 e. The first-order valence-corrected chi connectivity index (χ1v) is 6.21. The quantitative estimate of drug-likeness (QED) is 0.809. The van der Waals surface area contributed by atoms with Crippen LogP contribution in [0.2, 0.25) is 0 Å². The maximum absolute atomic E-state index is 14.1. The summed E-state index contributed by atoms with van der Waals surface area (Å²) >= 11 is 0. The molecule has 0 aliphatic rings. The number of aryl methyl sites for hydroxylation is 1. The lowest BCUT2D eigenvalue weighted by Crippen LogP contribution is -2.10. The number of methoxy groups -OCH3 is 2. The molecule has 0 saturated carbocycles. The summed E-state index contributed by atoms with van der Waals surface area (Å²) in [5.41, 5.74) is -0.313. The van der Waals surface area contributed by atoms with E-state index in [-0.39, 0.29) is 16.9 Å². The van der Waals surface area contributed by atoms with E-state index in [1.165, 1.54) is 45.4 Å². The number of carbonyl (C=O) groups excluding carboxylic acids is 1. The molecular weight excluding hydrogens is 278 g/mol. The van der Waals surface area contributed by atoms with Crippen LogP contribution in [0.4, 0.5) is 8.78 Å². The van der Waals surface area contributed by atoms with Crippen molar-refractivity contribution in [2.45, 2.75) is 6.92 Å². The Balaban J connectivity index is 2.58. The van der Waals surface area contributed by atoms with Gasteiger partial charge in [-0.05, 0) is 30.7 Å². The molecule has 2 rings (SSSR count). The van der Waals surface area contributed by atoms with Crippen molar-refractivity contribution in [1.29, 1.82) is 0 Å². The van der Waals surface area contributed by atoms with E-state index >= 15 is 0 Å². The van der Waals surface area contributed by atoms with Crippen LogP contribution in [0.25, 0.3) is 0 Å². The van der Waals surface area contributed by atoms with E-state index in [1.807, 2.05) is 0 Å². The second kappa shape index (κ2) is 5.91. The molecule has 0 aliphatic heterocycles. The Bertz CT molecular complexity index is 696. The van der Waals surface area contributed by atoms with Crippen LogP contribution in [0.3, 0.4) is 0 Å². The van der Waals surface area contributed by atoms with Gasteiger partial charge in [-0.1, -0.05) is 6.07 Å². The van der Waals surface area contributed by atoms with Crippen molar-refractivity contribution in [3.05, 3.63) is 58.7 Å². The van der Waals surface area contributed by atoms with Crippen LogP contribution in [0.1, 0.15) is 21.5 Å². The van der Waals surface area contributed by atoms with Crippen molar-refractivity contribution >= 4 is 5.78 Å². The Hall–Kier alpha value is -2.43. The molecule has 0 atom stereocenters. The van der Waals surface area contributed by atoms with Gasteiger partial charge in [0.15, 0.2) is 0 Å². The number of ether oxygens (including phenoxy) is 2. The molecule has 0 aliphatic carbocycles. The first kappa shape index (κ1) is 15.0.